The van der Waals surface area contributed by atoms with Crippen molar-refractivity contribution in [2.45, 2.75) is 26.3 Å². The summed E-state index contributed by atoms with van der Waals surface area (Å²) in [6, 6.07) is 3.96. The Balaban J connectivity index is 1.64. The van der Waals surface area contributed by atoms with Gasteiger partial charge in [-0.1, -0.05) is 0 Å². The van der Waals surface area contributed by atoms with Crippen LogP contribution in [0.3, 0.4) is 0 Å². The number of carbonyl (C=O) groups excluding carboxylic acids is 2. The van der Waals surface area contributed by atoms with Gasteiger partial charge in [0, 0.05) is 30.6 Å². The summed E-state index contributed by atoms with van der Waals surface area (Å²) in [5.41, 5.74) is 1.72. The second-order valence-corrected chi connectivity index (χ2v) is 6.51. The molecule has 0 aliphatic carbocycles. The highest BCUT2D eigenvalue weighted by Crippen LogP contribution is 2.26. The molecule has 3 heterocycles. The first-order valence-corrected chi connectivity index (χ1v) is 8.12. The van der Waals surface area contributed by atoms with Crippen LogP contribution in [0.25, 0.3) is 11.4 Å². The summed E-state index contributed by atoms with van der Waals surface area (Å²) in [5.74, 6) is -0.391. The summed E-state index contributed by atoms with van der Waals surface area (Å²) in [6.07, 6.45) is 2.11. The fourth-order valence-corrected chi connectivity index (χ4v) is 3.27. The highest BCUT2D eigenvalue weighted by atomic mass is 32.1. The van der Waals surface area contributed by atoms with Crippen molar-refractivity contribution in [3.8, 4) is 11.4 Å². The first-order valence-electron chi connectivity index (χ1n) is 7.24. The number of carbonyl (C=O) groups is 2. The molecule has 1 fully saturated rings. The van der Waals surface area contributed by atoms with Crippen LogP contribution in [0.2, 0.25) is 0 Å². The van der Waals surface area contributed by atoms with Crippen molar-refractivity contribution in [2.75, 3.05) is 11.9 Å². The number of aromatic nitrogens is 2. The number of hydrogen-bond donors (Lipinski definition) is 2. The highest BCUT2D eigenvalue weighted by molar-refractivity contribution is 7.14. The van der Waals surface area contributed by atoms with E-state index in [1.54, 1.807) is 4.90 Å². The van der Waals surface area contributed by atoms with Crippen molar-refractivity contribution in [3.63, 3.8) is 0 Å². The van der Waals surface area contributed by atoms with E-state index in [-0.39, 0.29) is 30.2 Å². The fourth-order valence-electron chi connectivity index (χ4n) is 2.56. The minimum Gasteiger partial charge on any atom is -0.360 e. The molecule has 0 aromatic carbocycles. The van der Waals surface area contributed by atoms with Gasteiger partial charge in [-0.05, 0) is 26.0 Å². The molecule has 0 spiro atoms. The third-order valence-corrected chi connectivity index (χ3v) is 4.52. The molecule has 6 nitrogen and oxygen atoms in total. The maximum Gasteiger partial charge on any atom is 0.231 e. The van der Waals surface area contributed by atoms with Crippen molar-refractivity contribution in [1.29, 1.82) is 0 Å². The summed E-state index contributed by atoms with van der Waals surface area (Å²) in [4.78, 5) is 33.4. The number of thiazole rings is 1. The lowest BCUT2D eigenvalue weighted by atomic mass is 10.1. The molecule has 2 amide bonds. The minimum absolute atomic E-state index is 0.0429. The standard InChI is InChI=1S/C15H18N4O2S/c1-9(2)19-7-10(6-13(19)20)14(21)18-15-17-12(8-22-15)11-4-3-5-16-11/h3-5,8-10,16H,6-7H2,1-2H3,(H,17,18,21)/t10-/m1/s1. The first-order chi connectivity index (χ1) is 10.5. The Kier molecular flexibility index (Phi) is 3.98. The quantitative estimate of drug-likeness (QED) is 0.908. The summed E-state index contributed by atoms with van der Waals surface area (Å²) in [6.45, 7) is 4.40. The van der Waals surface area contributed by atoms with Gasteiger partial charge in [-0.2, -0.15) is 0 Å². The molecule has 2 aromatic heterocycles. The Morgan fingerprint density at radius 2 is 2.36 bits per heavy atom. The Morgan fingerprint density at radius 3 is 3.00 bits per heavy atom. The number of nitrogens with one attached hydrogen (secondary N) is 2. The minimum atomic E-state index is -0.298. The molecule has 0 saturated carbocycles. The van der Waals surface area contributed by atoms with Gasteiger partial charge in [0.2, 0.25) is 11.8 Å². The van der Waals surface area contributed by atoms with Crippen LogP contribution in [0.5, 0.6) is 0 Å². The molecule has 2 aromatic rings. The number of anilines is 1. The smallest absolute Gasteiger partial charge is 0.231 e. The number of amides is 2. The molecule has 22 heavy (non-hydrogen) atoms. The molecule has 1 aliphatic heterocycles. The van der Waals surface area contributed by atoms with Crippen molar-refractivity contribution in [3.05, 3.63) is 23.7 Å². The molecule has 0 unspecified atom stereocenters. The number of rotatable bonds is 4. The number of aromatic amines is 1. The molecule has 1 atom stereocenters. The highest BCUT2D eigenvalue weighted by Gasteiger charge is 2.35. The lowest BCUT2D eigenvalue weighted by Gasteiger charge is -2.20. The number of likely N-dealkylation sites (tertiary alicyclic amines) is 1. The predicted octanol–water partition coefficient (Wildman–Crippen LogP) is 2.33. The second kappa shape index (κ2) is 5.92. The van der Waals surface area contributed by atoms with Gasteiger partial charge in [0.05, 0.1) is 17.3 Å². The Morgan fingerprint density at radius 1 is 1.55 bits per heavy atom. The zero-order valence-corrected chi connectivity index (χ0v) is 13.3. The van der Waals surface area contributed by atoms with Gasteiger partial charge in [0.15, 0.2) is 5.13 Å². The average Bonchev–Trinajstić information content (AvgIpc) is 3.16. The van der Waals surface area contributed by atoms with E-state index >= 15 is 0 Å². The van der Waals surface area contributed by atoms with Crippen LogP contribution in [-0.4, -0.2) is 39.3 Å². The van der Waals surface area contributed by atoms with E-state index in [2.05, 4.69) is 15.3 Å². The molecule has 3 rings (SSSR count). The van der Waals surface area contributed by atoms with Gasteiger partial charge in [0.1, 0.15) is 0 Å². The fraction of sp³-hybridized carbons (Fsp3) is 0.400. The molecule has 1 aliphatic rings. The molecular weight excluding hydrogens is 300 g/mol. The number of H-pyrrole nitrogens is 1. The lowest BCUT2D eigenvalue weighted by Crippen LogP contribution is -2.33. The summed E-state index contributed by atoms with van der Waals surface area (Å²) in [5, 5.41) is 5.27. The van der Waals surface area contributed by atoms with Crippen LogP contribution in [0.4, 0.5) is 5.13 Å². The Labute approximate surface area is 132 Å². The van der Waals surface area contributed by atoms with Crippen LogP contribution in [0.15, 0.2) is 23.7 Å². The topological polar surface area (TPSA) is 78.1 Å². The molecule has 0 bridgehead atoms. The third-order valence-electron chi connectivity index (χ3n) is 3.76. The van der Waals surface area contributed by atoms with Crippen LogP contribution < -0.4 is 5.32 Å². The lowest BCUT2D eigenvalue weighted by molar-refractivity contribution is -0.129. The SMILES string of the molecule is CC(C)N1C[C@H](C(=O)Nc2nc(-c3ccc[nH]3)cs2)CC1=O. The first kappa shape index (κ1) is 14.8. The zero-order valence-electron chi connectivity index (χ0n) is 12.5. The van der Waals surface area contributed by atoms with Gasteiger partial charge in [-0.3, -0.25) is 9.59 Å². The number of nitrogens with zero attached hydrogens (tertiary/aromatic N) is 2. The largest absolute Gasteiger partial charge is 0.360 e. The molecule has 2 N–H and O–H groups in total. The van der Waals surface area contributed by atoms with Gasteiger partial charge in [-0.25, -0.2) is 4.98 Å². The van der Waals surface area contributed by atoms with Crippen molar-refractivity contribution < 1.29 is 9.59 Å². The summed E-state index contributed by atoms with van der Waals surface area (Å²) >= 11 is 1.38. The molecule has 116 valence electrons. The maximum absolute atomic E-state index is 12.3. The van der Waals surface area contributed by atoms with Crippen molar-refractivity contribution in [2.24, 2.45) is 5.92 Å². The van der Waals surface area contributed by atoms with E-state index in [1.807, 2.05) is 37.6 Å². The van der Waals surface area contributed by atoms with E-state index in [4.69, 9.17) is 0 Å². The Bertz CT molecular complexity index is 678. The Hall–Kier alpha value is -2.15. The van der Waals surface area contributed by atoms with Crippen molar-refractivity contribution >= 4 is 28.3 Å². The van der Waals surface area contributed by atoms with Gasteiger partial charge in [-0.15, -0.1) is 11.3 Å². The van der Waals surface area contributed by atoms with Crippen LogP contribution in [-0.2, 0) is 9.59 Å². The van der Waals surface area contributed by atoms with Gasteiger partial charge >= 0.3 is 0 Å². The maximum atomic E-state index is 12.3. The number of hydrogen-bond acceptors (Lipinski definition) is 4. The molecular formula is C15H18N4O2S. The summed E-state index contributed by atoms with van der Waals surface area (Å²) in [7, 11) is 0. The normalized spacial score (nSPS) is 18.2. The predicted molar refractivity (Wildman–Crippen MR) is 85.5 cm³/mol. The van der Waals surface area contributed by atoms with Crippen LogP contribution >= 0.6 is 11.3 Å². The molecule has 1 saturated heterocycles. The van der Waals surface area contributed by atoms with E-state index < -0.39 is 0 Å². The van der Waals surface area contributed by atoms with E-state index in [9.17, 15) is 9.59 Å². The van der Waals surface area contributed by atoms with E-state index in [0.29, 0.717) is 11.7 Å². The van der Waals surface area contributed by atoms with Crippen molar-refractivity contribution in [1.82, 2.24) is 14.9 Å². The van der Waals surface area contributed by atoms with Gasteiger partial charge < -0.3 is 15.2 Å². The summed E-state index contributed by atoms with van der Waals surface area (Å²) < 4.78 is 0. The van der Waals surface area contributed by atoms with Crippen LogP contribution in [0, 0.1) is 5.92 Å². The molecule has 0 radical (unpaired) electrons. The van der Waals surface area contributed by atoms with Crippen LogP contribution in [0.1, 0.15) is 20.3 Å². The molecule has 7 heteroatoms. The average molecular weight is 318 g/mol. The van der Waals surface area contributed by atoms with E-state index in [0.717, 1.165) is 11.4 Å². The van der Waals surface area contributed by atoms with Gasteiger partial charge in [0.25, 0.3) is 0 Å². The third kappa shape index (κ3) is 2.89. The second-order valence-electron chi connectivity index (χ2n) is 5.65. The van der Waals surface area contributed by atoms with E-state index in [1.165, 1.54) is 11.3 Å². The zero-order chi connectivity index (χ0) is 15.7. The monoisotopic (exact) mass is 318 g/mol.